The first kappa shape index (κ1) is 33.5. The number of esters is 1. The number of hydrogen-bond donors (Lipinski definition) is 0. The molecule has 1 amide bonds. The van der Waals surface area contributed by atoms with Gasteiger partial charge in [-0.05, 0) is 75.1 Å². The minimum atomic E-state index is -0.811. The largest absolute Gasteiger partial charge is 0.496 e. The number of carbonyl (C=O) groups excluding carboxylic acids is 2. The summed E-state index contributed by atoms with van der Waals surface area (Å²) in [7, 11) is 1.56. The molecule has 0 bridgehead atoms. The van der Waals surface area contributed by atoms with Gasteiger partial charge in [-0.15, -0.1) is 0 Å². The molecule has 1 atom stereocenters. The lowest BCUT2D eigenvalue weighted by Gasteiger charge is -2.27. The normalized spacial score (nSPS) is 16.2. The van der Waals surface area contributed by atoms with E-state index in [4.69, 9.17) is 23.9 Å². The molecule has 10 nitrogen and oxygen atoms in total. The Morgan fingerprint density at radius 1 is 1.02 bits per heavy atom. The number of thiazole rings is 1. The van der Waals surface area contributed by atoms with Gasteiger partial charge in [0.05, 0.1) is 36.1 Å². The third-order valence-electron chi connectivity index (χ3n) is 7.75. The highest BCUT2D eigenvalue weighted by atomic mass is 79.9. The van der Waals surface area contributed by atoms with Crippen molar-refractivity contribution < 1.29 is 28.5 Å². The van der Waals surface area contributed by atoms with Gasteiger partial charge < -0.3 is 23.8 Å². The van der Waals surface area contributed by atoms with E-state index in [1.165, 1.54) is 11.3 Å². The SMILES string of the molecule is CCCC1=C(C(=O)OCC)[C@H](c2cc(Br)ccc2OC)n2c(s/c(=C\c3ccc(OCC(=O)N4CCCC4)c(OCC)c3)c2=O)=N1. The summed E-state index contributed by atoms with van der Waals surface area (Å²) >= 11 is 4.80. The first-order valence-corrected chi connectivity index (χ1v) is 17.1. The average molecular weight is 713 g/mol. The van der Waals surface area contributed by atoms with Gasteiger partial charge in [-0.25, -0.2) is 9.79 Å². The third kappa shape index (κ3) is 7.07. The van der Waals surface area contributed by atoms with Crippen molar-refractivity contribution in [3.05, 3.63) is 83.0 Å². The van der Waals surface area contributed by atoms with Gasteiger partial charge in [0, 0.05) is 23.1 Å². The first-order valence-electron chi connectivity index (χ1n) is 15.5. The fourth-order valence-electron chi connectivity index (χ4n) is 5.68. The van der Waals surface area contributed by atoms with Gasteiger partial charge in [0.1, 0.15) is 11.8 Å². The molecule has 0 saturated carbocycles. The molecule has 0 unspecified atom stereocenters. The molecule has 0 spiro atoms. The van der Waals surface area contributed by atoms with E-state index in [2.05, 4.69) is 15.9 Å². The van der Waals surface area contributed by atoms with Crippen LogP contribution in [0.5, 0.6) is 17.2 Å². The second-order valence-corrected chi connectivity index (χ2v) is 12.7. The molecule has 0 radical (unpaired) electrons. The highest BCUT2D eigenvalue weighted by molar-refractivity contribution is 9.10. The molecule has 1 fully saturated rings. The maximum atomic E-state index is 14.2. The van der Waals surface area contributed by atoms with Gasteiger partial charge in [-0.1, -0.05) is 46.7 Å². The molecule has 2 aliphatic heterocycles. The van der Waals surface area contributed by atoms with Crippen LogP contribution in [-0.2, 0) is 14.3 Å². The number of benzene rings is 2. The molecule has 2 aliphatic rings. The Hall–Kier alpha value is -3.90. The maximum absolute atomic E-state index is 14.2. The number of rotatable bonds is 12. The molecule has 1 aromatic heterocycles. The average Bonchev–Trinajstić information content (AvgIpc) is 3.69. The van der Waals surface area contributed by atoms with Gasteiger partial charge in [0.25, 0.3) is 11.5 Å². The number of hydrogen-bond acceptors (Lipinski definition) is 9. The van der Waals surface area contributed by atoms with Crippen LogP contribution in [-0.4, -0.2) is 61.4 Å². The summed E-state index contributed by atoms with van der Waals surface area (Å²) in [5.41, 5.74) is 1.95. The van der Waals surface area contributed by atoms with Crippen LogP contribution in [0.2, 0.25) is 0 Å². The smallest absolute Gasteiger partial charge is 0.338 e. The number of methoxy groups -OCH3 is 1. The van der Waals surface area contributed by atoms with Crippen LogP contribution in [0.4, 0.5) is 0 Å². The Labute approximate surface area is 280 Å². The molecule has 0 aliphatic carbocycles. The molecule has 2 aromatic carbocycles. The second-order valence-electron chi connectivity index (χ2n) is 10.8. The molecule has 5 rings (SSSR count). The lowest BCUT2D eigenvalue weighted by molar-refractivity contribution is -0.139. The molecule has 1 saturated heterocycles. The summed E-state index contributed by atoms with van der Waals surface area (Å²) in [5, 5.41) is 0. The predicted molar refractivity (Wildman–Crippen MR) is 179 cm³/mol. The molecular formula is C34H38BrN3O7S. The Morgan fingerprint density at radius 3 is 2.48 bits per heavy atom. The van der Waals surface area contributed by atoms with E-state index in [9.17, 15) is 14.4 Å². The van der Waals surface area contributed by atoms with Gasteiger partial charge >= 0.3 is 5.97 Å². The Bertz CT molecular complexity index is 1820. The zero-order chi connectivity index (χ0) is 32.8. The summed E-state index contributed by atoms with van der Waals surface area (Å²) < 4.78 is 25.7. The first-order chi connectivity index (χ1) is 22.3. The van der Waals surface area contributed by atoms with E-state index in [-0.39, 0.29) is 24.7 Å². The molecule has 0 N–H and O–H groups in total. The zero-order valence-electron chi connectivity index (χ0n) is 26.5. The van der Waals surface area contributed by atoms with Crippen molar-refractivity contribution in [3.63, 3.8) is 0 Å². The fourth-order valence-corrected chi connectivity index (χ4v) is 7.08. The summed E-state index contributed by atoms with van der Waals surface area (Å²) in [6.07, 6.45) is 5.07. The molecule has 46 heavy (non-hydrogen) atoms. The second kappa shape index (κ2) is 15.1. The minimum absolute atomic E-state index is 0.0496. The minimum Gasteiger partial charge on any atom is -0.496 e. The molecule has 3 heterocycles. The van der Waals surface area contributed by atoms with E-state index in [1.54, 1.807) is 42.9 Å². The van der Waals surface area contributed by atoms with Crippen molar-refractivity contribution in [3.8, 4) is 17.2 Å². The van der Waals surface area contributed by atoms with E-state index in [1.807, 2.05) is 36.9 Å². The zero-order valence-corrected chi connectivity index (χ0v) is 28.9. The molecule has 12 heteroatoms. The van der Waals surface area contributed by atoms with Crippen LogP contribution in [0.3, 0.4) is 0 Å². The Morgan fingerprint density at radius 2 is 1.78 bits per heavy atom. The van der Waals surface area contributed by atoms with Crippen LogP contribution >= 0.6 is 27.3 Å². The summed E-state index contributed by atoms with van der Waals surface area (Å²) in [6.45, 7) is 7.66. The number of ether oxygens (including phenoxy) is 4. The van der Waals surface area contributed by atoms with Crippen molar-refractivity contribution in [1.29, 1.82) is 0 Å². The van der Waals surface area contributed by atoms with Crippen LogP contribution in [0.15, 0.2) is 61.9 Å². The van der Waals surface area contributed by atoms with Crippen LogP contribution in [0, 0.1) is 0 Å². The van der Waals surface area contributed by atoms with Crippen LogP contribution in [0.25, 0.3) is 6.08 Å². The fraction of sp³-hybridized carbons (Fsp3) is 0.412. The lowest BCUT2D eigenvalue weighted by atomic mass is 9.93. The third-order valence-corrected chi connectivity index (χ3v) is 9.23. The topological polar surface area (TPSA) is 109 Å². The standard InChI is InChI=1S/C34H38BrN3O7S/c1-5-10-24-30(33(41)44-7-3)31(23-19-22(35)12-14-25(23)42-4)38-32(40)28(46-34(38)36-24)18-21-11-13-26(27(17-21)43-6-2)45-20-29(39)37-15-8-9-16-37/h11-14,17-19,31H,5-10,15-16,20H2,1-4H3/b28-18-/t31-/m0/s1. The van der Waals surface area contributed by atoms with E-state index < -0.39 is 12.0 Å². The summed E-state index contributed by atoms with van der Waals surface area (Å²) in [6, 6.07) is 10.0. The van der Waals surface area contributed by atoms with Crippen LogP contribution in [0.1, 0.15) is 63.6 Å². The van der Waals surface area contributed by atoms with E-state index in [0.717, 1.165) is 36.8 Å². The van der Waals surface area contributed by atoms with Crippen molar-refractivity contribution in [2.24, 2.45) is 4.99 Å². The monoisotopic (exact) mass is 711 g/mol. The number of fused-ring (bicyclic) bond motifs is 1. The van der Waals surface area contributed by atoms with Crippen molar-refractivity contribution in [2.75, 3.05) is 40.0 Å². The molecule has 3 aromatic rings. The number of likely N-dealkylation sites (tertiary alicyclic amines) is 1. The molecular weight excluding hydrogens is 674 g/mol. The summed E-state index contributed by atoms with van der Waals surface area (Å²) in [4.78, 5) is 47.4. The quantitative estimate of drug-likeness (QED) is 0.250. The number of halogens is 1. The number of carbonyl (C=O) groups is 2. The van der Waals surface area contributed by atoms with Gasteiger partial charge in [-0.2, -0.15) is 0 Å². The molecule has 244 valence electrons. The van der Waals surface area contributed by atoms with Gasteiger partial charge in [-0.3, -0.25) is 14.2 Å². The van der Waals surface area contributed by atoms with E-state index in [0.29, 0.717) is 62.0 Å². The number of amides is 1. The number of allylic oxidation sites excluding steroid dienone is 1. The summed E-state index contributed by atoms with van der Waals surface area (Å²) in [5.74, 6) is 0.896. The van der Waals surface area contributed by atoms with Crippen molar-refractivity contribution >= 4 is 45.2 Å². The number of nitrogens with zero attached hydrogens (tertiary/aromatic N) is 3. The van der Waals surface area contributed by atoms with E-state index >= 15 is 0 Å². The van der Waals surface area contributed by atoms with Gasteiger partial charge in [0.15, 0.2) is 22.9 Å². The predicted octanol–water partition coefficient (Wildman–Crippen LogP) is 4.75. The van der Waals surface area contributed by atoms with Gasteiger partial charge in [0.2, 0.25) is 0 Å². The maximum Gasteiger partial charge on any atom is 0.338 e. The Balaban J connectivity index is 1.60. The number of aromatic nitrogens is 1. The van der Waals surface area contributed by atoms with Crippen molar-refractivity contribution in [2.45, 2.75) is 52.5 Å². The van der Waals surface area contributed by atoms with Crippen LogP contribution < -0.4 is 29.1 Å². The Kier molecular flexibility index (Phi) is 11.0. The van der Waals surface area contributed by atoms with Crippen molar-refractivity contribution in [1.82, 2.24) is 9.47 Å². The highest BCUT2D eigenvalue weighted by Crippen LogP contribution is 2.38. The lowest BCUT2D eigenvalue weighted by Crippen LogP contribution is -2.40. The highest BCUT2D eigenvalue weighted by Gasteiger charge is 2.36.